The van der Waals surface area contributed by atoms with Crippen LogP contribution in [0.4, 0.5) is 10.5 Å². The molecule has 2 aliphatic heterocycles. The monoisotopic (exact) mass is 397 g/mol. The van der Waals surface area contributed by atoms with Gasteiger partial charge in [-0.25, -0.2) is 4.79 Å². The van der Waals surface area contributed by atoms with Gasteiger partial charge in [0.1, 0.15) is 12.2 Å². The molecule has 0 radical (unpaired) electrons. The molecule has 4 rings (SSSR count). The zero-order valence-electron chi connectivity index (χ0n) is 16.7. The predicted molar refractivity (Wildman–Crippen MR) is 109 cm³/mol. The molecular weight excluding hydrogens is 370 g/mol. The Hall–Kier alpha value is -2.48. The van der Waals surface area contributed by atoms with Crippen molar-refractivity contribution in [1.29, 1.82) is 0 Å². The standard InChI is InChI=1S/C22H27N3O4/c1-14(2)15-6-8-16(9-7-15)25-22(26)29-19-13-28-20-18(12-27-21(19)20)24-11-17-5-3-4-10-23-17/h3-10,14,18-21,24H,11-13H2,1-2H3,(H,25,26)/t18-,19+,20+,21+/m0/s1. The fourth-order valence-corrected chi connectivity index (χ4v) is 3.71. The fourth-order valence-electron chi connectivity index (χ4n) is 3.71. The second-order valence-electron chi connectivity index (χ2n) is 7.75. The summed E-state index contributed by atoms with van der Waals surface area (Å²) >= 11 is 0. The van der Waals surface area contributed by atoms with Gasteiger partial charge in [0.25, 0.3) is 0 Å². The van der Waals surface area contributed by atoms with Crippen LogP contribution < -0.4 is 10.6 Å². The Morgan fingerprint density at radius 1 is 1.14 bits per heavy atom. The molecule has 2 aliphatic rings. The van der Waals surface area contributed by atoms with Gasteiger partial charge in [-0.05, 0) is 35.7 Å². The predicted octanol–water partition coefficient (Wildman–Crippen LogP) is 3.08. The van der Waals surface area contributed by atoms with Crippen LogP contribution in [-0.4, -0.2) is 48.6 Å². The fraction of sp³-hybridized carbons (Fsp3) is 0.455. The van der Waals surface area contributed by atoms with E-state index in [1.165, 1.54) is 5.56 Å². The van der Waals surface area contributed by atoms with Crippen LogP contribution in [0, 0.1) is 0 Å². The van der Waals surface area contributed by atoms with Gasteiger partial charge in [-0.1, -0.05) is 32.0 Å². The number of aromatic nitrogens is 1. The van der Waals surface area contributed by atoms with Crippen LogP contribution in [-0.2, 0) is 20.8 Å². The van der Waals surface area contributed by atoms with Crippen molar-refractivity contribution in [3.63, 3.8) is 0 Å². The second-order valence-corrected chi connectivity index (χ2v) is 7.75. The van der Waals surface area contributed by atoms with Gasteiger partial charge < -0.3 is 19.5 Å². The van der Waals surface area contributed by atoms with Crippen molar-refractivity contribution >= 4 is 11.8 Å². The van der Waals surface area contributed by atoms with Crippen LogP contribution in [0.5, 0.6) is 0 Å². The van der Waals surface area contributed by atoms with Gasteiger partial charge in [0.05, 0.1) is 24.9 Å². The van der Waals surface area contributed by atoms with Crippen molar-refractivity contribution in [1.82, 2.24) is 10.3 Å². The van der Waals surface area contributed by atoms with E-state index in [1.54, 1.807) is 6.20 Å². The molecule has 3 heterocycles. The van der Waals surface area contributed by atoms with Gasteiger partial charge in [0.15, 0.2) is 6.10 Å². The first-order chi connectivity index (χ1) is 14.1. The molecule has 2 saturated heterocycles. The minimum absolute atomic E-state index is 0.0437. The van der Waals surface area contributed by atoms with Crippen molar-refractivity contribution in [2.24, 2.45) is 0 Å². The molecule has 0 unspecified atom stereocenters. The molecule has 7 nitrogen and oxygen atoms in total. The molecule has 7 heteroatoms. The average Bonchev–Trinajstić information content (AvgIpc) is 3.30. The lowest BCUT2D eigenvalue weighted by Gasteiger charge is -2.18. The summed E-state index contributed by atoms with van der Waals surface area (Å²) in [4.78, 5) is 16.6. The summed E-state index contributed by atoms with van der Waals surface area (Å²) in [7, 11) is 0. The van der Waals surface area contributed by atoms with Crippen LogP contribution in [0.2, 0.25) is 0 Å². The number of anilines is 1. The van der Waals surface area contributed by atoms with E-state index in [9.17, 15) is 4.79 Å². The number of benzene rings is 1. The average molecular weight is 397 g/mol. The number of fused-ring (bicyclic) bond motifs is 1. The summed E-state index contributed by atoms with van der Waals surface area (Å²) in [6.45, 7) is 5.75. The summed E-state index contributed by atoms with van der Waals surface area (Å²) in [6, 6.07) is 13.6. The molecule has 1 amide bonds. The number of pyridine rings is 1. The van der Waals surface area contributed by atoms with E-state index >= 15 is 0 Å². The Labute approximate surface area is 170 Å². The number of carbonyl (C=O) groups excluding carboxylic acids is 1. The van der Waals surface area contributed by atoms with Crippen LogP contribution in [0.15, 0.2) is 48.7 Å². The summed E-state index contributed by atoms with van der Waals surface area (Å²) in [5.41, 5.74) is 2.89. The number of nitrogens with one attached hydrogen (secondary N) is 2. The van der Waals surface area contributed by atoms with Crippen molar-refractivity contribution in [2.45, 2.75) is 50.7 Å². The Morgan fingerprint density at radius 3 is 2.66 bits per heavy atom. The zero-order chi connectivity index (χ0) is 20.2. The van der Waals surface area contributed by atoms with Crippen LogP contribution in [0.1, 0.15) is 31.0 Å². The first kappa shape index (κ1) is 19.8. The van der Waals surface area contributed by atoms with Gasteiger partial charge in [-0.2, -0.15) is 0 Å². The minimum atomic E-state index is -0.495. The highest BCUT2D eigenvalue weighted by molar-refractivity contribution is 5.84. The molecule has 0 bridgehead atoms. The van der Waals surface area contributed by atoms with E-state index in [0.29, 0.717) is 31.4 Å². The van der Waals surface area contributed by atoms with Gasteiger partial charge in [0, 0.05) is 18.4 Å². The molecule has 2 fully saturated rings. The molecule has 1 aromatic carbocycles. The van der Waals surface area contributed by atoms with Gasteiger partial charge >= 0.3 is 6.09 Å². The second kappa shape index (κ2) is 8.90. The summed E-state index contributed by atoms with van der Waals surface area (Å²) < 4.78 is 17.3. The van der Waals surface area contributed by atoms with Crippen molar-refractivity contribution in [2.75, 3.05) is 18.5 Å². The van der Waals surface area contributed by atoms with Crippen LogP contribution >= 0.6 is 0 Å². The Balaban J connectivity index is 1.27. The lowest BCUT2D eigenvalue weighted by molar-refractivity contribution is 0.00854. The maximum absolute atomic E-state index is 12.3. The highest BCUT2D eigenvalue weighted by Gasteiger charge is 2.49. The lowest BCUT2D eigenvalue weighted by Crippen LogP contribution is -2.41. The summed E-state index contributed by atoms with van der Waals surface area (Å²) in [5.74, 6) is 0.447. The Bertz CT molecular complexity index is 813. The van der Waals surface area contributed by atoms with Crippen molar-refractivity contribution in [3.8, 4) is 0 Å². The number of rotatable bonds is 6. The Morgan fingerprint density at radius 2 is 1.93 bits per heavy atom. The van der Waals surface area contributed by atoms with E-state index < -0.39 is 12.2 Å². The van der Waals surface area contributed by atoms with E-state index in [1.807, 2.05) is 42.5 Å². The SMILES string of the molecule is CC(C)c1ccc(NC(=O)O[C@@H]2CO[C@H]3[C@@H]2OC[C@@H]3NCc2ccccn2)cc1. The highest BCUT2D eigenvalue weighted by atomic mass is 16.6. The lowest BCUT2D eigenvalue weighted by atomic mass is 10.0. The van der Waals surface area contributed by atoms with E-state index in [-0.39, 0.29) is 18.2 Å². The van der Waals surface area contributed by atoms with Crippen LogP contribution in [0.25, 0.3) is 0 Å². The van der Waals surface area contributed by atoms with Gasteiger partial charge in [0.2, 0.25) is 0 Å². The topological polar surface area (TPSA) is 81.7 Å². The van der Waals surface area contributed by atoms with E-state index in [2.05, 4.69) is 29.5 Å². The van der Waals surface area contributed by atoms with Gasteiger partial charge in [-0.15, -0.1) is 0 Å². The molecule has 154 valence electrons. The highest BCUT2D eigenvalue weighted by Crippen LogP contribution is 2.29. The molecular formula is C22H27N3O4. The molecule has 2 N–H and O–H groups in total. The summed E-state index contributed by atoms with van der Waals surface area (Å²) in [6.07, 6.45) is 0.462. The molecule has 4 atom stereocenters. The molecule has 0 aliphatic carbocycles. The number of ether oxygens (including phenoxy) is 3. The normalized spacial score (nSPS) is 25.8. The molecule has 2 aromatic rings. The molecule has 0 spiro atoms. The third kappa shape index (κ3) is 4.75. The van der Waals surface area contributed by atoms with Crippen molar-refractivity contribution in [3.05, 3.63) is 59.9 Å². The van der Waals surface area contributed by atoms with Crippen LogP contribution in [0.3, 0.4) is 0 Å². The number of carbonyl (C=O) groups is 1. The summed E-state index contributed by atoms with van der Waals surface area (Å²) in [5, 5.41) is 6.21. The first-order valence-electron chi connectivity index (χ1n) is 10.0. The maximum atomic E-state index is 12.3. The smallest absolute Gasteiger partial charge is 0.412 e. The molecule has 1 aromatic heterocycles. The quantitative estimate of drug-likeness (QED) is 0.780. The maximum Gasteiger partial charge on any atom is 0.412 e. The van der Waals surface area contributed by atoms with E-state index in [4.69, 9.17) is 14.2 Å². The number of amides is 1. The first-order valence-corrected chi connectivity index (χ1v) is 10.0. The third-order valence-electron chi connectivity index (χ3n) is 5.36. The zero-order valence-corrected chi connectivity index (χ0v) is 16.7. The number of hydrogen-bond acceptors (Lipinski definition) is 6. The van der Waals surface area contributed by atoms with Crippen molar-refractivity contribution < 1.29 is 19.0 Å². The third-order valence-corrected chi connectivity index (χ3v) is 5.36. The number of nitrogens with zero attached hydrogens (tertiary/aromatic N) is 1. The minimum Gasteiger partial charge on any atom is -0.441 e. The number of hydrogen-bond donors (Lipinski definition) is 2. The molecule has 29 heavy (non-hydrogen) atoms. The van der Waals surface area contributed by atoms with E-state index in [0.717, 1.165) is 5.69 Å². The largest absolute Gasteiger partial charge is 0.441 e. The molecule has 0 saturated carbocycles. The van der Waals surface area contributed by atoms with Gasteiger partial charge in [-0.3, -0.25) is 10.3 Å². The Kier molecular flexibility index (Phi) is 6.08.